The summed E-state index contributed by atoms with van der Waals surface area (Å²) < 4.78 is 27.7. The van der Waals surface area contributed by atoms with Crippen LogP contribution >= 0.6 is 11.3 Å². The lowest BCUT2D eigenvalue weighted by atomic mass is 10.1. The number of benzene rings is 2. The molecule has 0 saturated heterocycles. The number of anilines is 2. The minimum Gasteiger partial charge on any atom is -0.347 e. The van der Waals surface area contributed by atoms with Crippen molar-refractivity contribution < 1.29 is 18.0 Å². The number of amides is 2. The van der Waals surface area contributed by atoms with Gasteiger partial charge in [0, 0.05) is 11.1 Å². The average molecular weight is 474 g/mol. The van der Waals surface area contributed by atoms with E-state index in [1.165, 1.54) is 12.1 Å². The maximum atomic E-state index is 12.8. The van der Waals surface area contributed by atoms with Crippen molar-refractivity contribution in [2.75, 3.05) is 10.0 Å². The van der Waals surface area contributed by atoms with Crippen LogP contribution in [0.1, 0.15) is 47.1 Å². The Morgan fingerprint density at radius 1 is 0.938 bits per heavy atom. The molecular formula is C21H23N5O4S2. The third-order valence-electron chi connectivity index (χ3n) is 4.08. The molecule has 3 aromatic rings. The van der Waals surface area contributed by atoms with Crippen LogP contribution in [0.5, 0.6) is 0 Å². The van der Waals surface area contributed by atoms with Crippen LogP contribution in [-0.2, 0) is 10.0 Å². The number of hydrogen-bond donors (Lipinski definition) is 3. The summed E-state index contributed by atoms with van der Waals surface area (Å²) in [5.41, 5.74) is 1.20. The molecule has 1 aromatic heterocycles. The van der Waals surface area contributed by atoms with E-state index < -0.39 is 27.4 Å². The number of carbonyl (C=O) groups is 2. The first kappa shape index (κ1) is 23.4. The number of nitrogens with zero attached hydrogens (tertiary/aromatic N) is 2. The summed E-state index contributed by atoms with van der Waals surface area (Å²) in [5, 5.41) is 12.8. The number of rotatable bonds is 6. The molecule has 0 aliphatic carbocycles. The van der Waals surface area contributed by atoms with Crippen LogP contribution in [0.15, 0.2) is 52.9 Å². The molecule has 0 fully saturated rings. The minimum absolute atomic E-state index is 0.0368. The van der Waals surface area contributed by atoms with Crippen LogP contribution < -0.4 is 15.4 Å². The quantitative estimate of drug-likeness (QED) is 0.470. The molecule has 0 bridgehead atoms. The third kappa shape index (κ3) is 5.89. The summed E-state index contributed by atoms with van der Waals surface area (Å²) in [5.74, 6) is -0.846. The molecule has 11 heteroatoms. The van der Waals surface area contributed by atoms with Gasteiger partial charge in [-0.3, -0.25) is 19.6 Å². The van der Waals surface area contributed by atoms with Gasteiger partial charge in [-0.05, 0) is 52.0 Å². The highest BCUT2D eigenvalue weighted by molar-refractivity contribution is 7.94. The Morgan fingerprint density at radius 3 is 2.25 bits per heavy atom. The standard InChI is InChI=1S/C21H23N5O4S2/c1-13-9-11-14(12-10-13)17(27)22-19-24-25-20(31-19)32(29,30)26-16-8-6-5-7-15(16)18(28)23-21(2,3)4/h5-12,26H,1-4H3,(H,23,28)(H,22,24,27). The maximum Gasteiger partial charge on any atom is 0.291 e. The molecule has 2 amide bonds. The Balaban J connectivity index is 1.77. The van der Waals surface area contributed by atoms with E-state index in [4.69, 9.17) is 0 Å². The lowest BCUT2D eigenvalue weighted by Gasteiger charge is -2.21. The summed E-state index contributed by atoms with van der Waals surface area (Å²) in [6.07, 6.45) is 0. The van der Waals surface area contributed by atoms with Gasteiger partial charge in [0.2, 0.25) is 5.13 Å². The van der Waals surface area contributed by atoms with Crippen molar-refractivity contribution in [2.45, 2.75) is 37.6 Å². The van der Waals surface area contributed by atoms with Crippen molar-refractivity contribution in [3.05, 3.63) is 65.2 Å². The molecular weight excluding hydrogens is 450 g/mol. The first-order valence-electron chi connectivity index (χ1n) is 9.60. The molecule has 9 nitrogen and oxygen atoms in total. The smallest absolute Gasteiger partial charge is 0.291 e. The number of sulfonamides is 1. The van der Waals surface area contributed by atoms with Gasteiger partial charge in [0.15, 0.2) is 0 Å². The van der Waals surface area contributed by atoms with Crippen LogP contribution in [0, 0.1) is 6.92 Å². The average Bonchev–Trinajstić information content (AvgIpc) is 3.17. The first-order chi connectivity index (χ1) is 14.9. The zero-order chi connectivity index (χ0) is 23.5. The molecule has 0 spiro atoms. The highest BCUT2D eigenvalue weighted by atomic mass is 32.2. The summed E-state index contributed by atoms with van der Waals surface area (Å²) >= 11 is 0.704. The fraction of sp³-hybridized carbons (Fsp3) is 0.238. The summed E-state index contributed by atoms with van der Waals surface area (Å²) in [6, 6.07) is 13.2. The first-order valence-corrected chi connectivity index (χ1v) is 11.9. The van der Waals surface area contributed by atoms with E-state index in [0.717, 1.165) is 5.56 Å². The minimum atomic E-state index is -4.13. The second-order valence-corrected chi connectivity index (χ2v) is 10.9. The van der Waals surface area contributed by atoms with Crippen LogP contribution in [0.2, 0.25) is 0 Å². The van der Waals surface area contributed by atoms with Crippen molar-refractivity contribution in [1.82, 2.24) is 15.5 Å². The van der Waals surface area contributed by atoms with Crippen LogP contribution in [-0.4, -0.2) is 36.0 Å². The SMILES string of the molecule is Cc1ccc(C(=O)Nc2nnc(S(=O)(=O)Nc3ccccc3C(=O)NC(C)(C)C)s2)cc1. The molecule has 0 saturated carbocycles. The Labute approximate surface area is 190 Å². The van der Waals surface area contributed by atoms with E-state index in [1.807, 2.05) is 27.7 Å². The second kappa shape index (κ2) is 9.05. The molecule has 2 aromatic carbocycles. The Morgan fingerprint density at radius 2 is 1.59 bits per heavy atom. The van der Waals surface area contributed by atoms with Gasteiger partial charge in [-0.25, -0.2) is 0 Å². The number of aromatic nitrogens is 2. The predicted molar refractivity (Wildman–Crippen MR) is 124 cm³/mol. The van der Waals surface area contributed by atoms with Crippen molar-refractivity contribution in [3.63, 3.8) is 0 Å². The molecule has 0 atom stereocenters. The molecule has 3 rings (SSSR count). The fourth-order valence-electron chi connectivity index (χ4n) is 2.61. The number of hydrogen-bond acceptors (Lipinski definition) is 7. The van der Waals surface area contributed by atoms with Crippen LogP contribution in [0.25, 0.3) is 0 Å². The lowest BCUT2D eigenvalue weighted by Crippen LogP contribution is -2.40. The van der Waals surface area contributed by atoms with E-state index in [2.05, 4.69) is 25.6 Å². The monoisotopic (exact) mass is 473 g/mol. The van der Waals surface area contributed by atoms with E-state index in [0.29, 0.717) is 16.9 Å². The van der Waals surface area contributed by atoms with E-state index in [-0.39, 0.29) is 20.7 Å². The van der Waals surface area contributed by atoms with Crippen molar-refractivity contribution in [3.8, 4) is 0 Å². The highest BCUT2D eigenvalue weighted by Crippen LogP contribution is 2.25. The van der Waals surface area contributed by atoms with Gasteiger partial charge in [-0.15, -0.1) is 10.2 Å². The lowest BCUT2D eigenvalue weighted by molar-refractivity contribution is 0.0919. The molecule has 168 valence electrons. The van der Waals surface area contributed by atoms with Gasteiger partial charge in [0.25, 0.3) is 26.2 Å². The highest BCUT2D eigenvalue weighted by Gasteiger charge is 2.24. The number of aryl methyl sites for hydroxylation is 1. The van der Waals surface area contributed by atoms with Gasteiger partial charge in [-0.2, -0.15) is 8.42 Å². The fourth-order valence-corrected chi connectivity index (χ4v) is 4.59. The molecule has 0 unspecified atom stereocenters. The molecule has 1 heterocycles. The van der Waals surface area contributed by atoms with Crippen molar-refractivity contribution in [1.29, 1.82) is 0 Å². The van der Waals surface area contributed by atoms with Gasteiger partial charge < -0.3 is 5.32 Å². The van der Waals surface area contributed by atoms with Crippen molar-refractivity contribution >= 4 is 44.0 Å². The topological polar surface area (TPSA) is 130 Å². The van der Waals surface area contributed by atoms with Gasteiger partial charge in [-0.1, -0.05) is 41.2 Å². The molecule has 0 aliphatic rings. The zero-order valence-corrected chi connectivity index (χ0v) is 19.6. The number of nitrogens with one attached hydrogen (secondary N) is 3. The Kier molecular flexibility index (Phi) is 6.60. The largest absolute Gasteiger partial charge is 0.347 e. The number of carbonyl (C=O) groups excluding carboxylic acids is 2. The summed E-state index contributed by atoms with van der Waals surface area (Å²) in [7, 11) is -4.13. The molecule has 0 radical (unpaired) electrons. The summed E-state index contributed by atoms with van der Waals surface area (Å²) in [4.78, 5) is 24.9. The second-order valence-electron chi connectivity index (χ2n) is 8.05. The molecule has 3 N–H and O–H groups in total. The maximum absolute atomic E-state index is 12.8. The number of para-hydroxylation sites is 1. The Bertz CT molecular complexity index is 1250. The summed E-state index contributed by atoms with van der Waals surface area (Å²) in [6.45, 7) is 7.38. The van der Waals surface area contributed by atoms with E-state index in [1.54, 1.807) is 36.4 Å². The zero-order valence-electron chi connectivity index (χ0n) is 18.0. The predicted octanol–water partition coefficient (Wildman–Crippen LogP) is 3.43. The van der Waals surface area contributed by atoms with Gasteiger partial charge in [0.05, 0.1) is 11.3 Å². The Hall–Kier alpha value is -3.31. The molecule has 32 heavy (non-hydrogen) atoms. The third-order valence-corrected chi connectivity index (χ3v) is 6.65. The van der Waals surface area contributed by atoms with Crippen LogP contribution in [0.3, 0.4) is 0 Å². The molecule has 0 aliphatic heterocycles. The van der Waals surface area contributed by atoms with Crippen molar-refractivity contribution in [2.24, 2.45) is 0 Å². The normalized spacial score (nSPS) is 11.6. The van der Waals surface area contributed by atoms with Crippen LogP contribution in [0.4, 0.5) is 10.8 Å². The van der Waals surface area contributed by atoms with E-state index >= 15 is 0 Å². The van der Waals surface area contributed by atoms with Gasteiger partial charge in [0.1, 0.15) is 0 Å². The van der Waals surface area contributed by atoms with Gasteiger partial charge >= 0.3 is 0 Å². The van der Waals surface area contributed by atoms with E-state index in [9.17, 15) is 18.0 Å².